The second-order valence-corrected chi connectivity index (χ2v) is 6.66. The SMILES string of the molecule is COC(=O)c1cc(C(=O)Nc2ccc(OC)c(Cc3ccccc3)c2)cc([N+](=O)[O-])c1. The van der Waals surface area contributed by atoms with Crippen molar-refractivity contribution < 1.29 is 24.0 Å². The van der Waals surface area contributed by atoms with E-state index in [9.17, 15) is 19.7 Å². The molecule has 31 heavy (non-hydrogen) atoms. The Morgan fingerprint density at radius 1 is 0.968 bits per heavy atom. The summed E-state index contributed by atoms with van der Waals surface area (Å²) in [5, 5.41) is 13.9. The Bertz CT molecular complexity index is 1130. The Labute approximate surface area is 178 Å². The van der Waals surface area contributed by atoms with Gasteiger partial charge in [-0.3, -0.25) is 14.9 Å². The molecule has 158 valence electrons. The smallest absolute Gasteiger partial charge is 0.338 e. The summed E-state index contributed by atoms with van der Waals surface area (Å²) in [6, 6.07) is 18.4. The first-order valence-corrected chi connectivity index (χ1v) is 9.31. The molecule has 0 heterocycles. The summed E-state index contributed by atoms with van der Waals surface area (Å²) < 4.78 is 10.0. The molecular formula is C23H20N2O6. The fourth-order valence-electron chi connectivity index (χ4n) is 3.10. The van der Waals surface area contributed by atoms with Crippen LogP contribution in [-0.2, 0) is 11.2 Å². The molecule has 3 rings (SSSR count). The van der Waals surface area contributed by atoms with Crippen molar-refractivity contribution in [2.75, 3.05) is 19.5 Å². The molecule has 0 spiro atoms. The number of hydrogen-bond donors (Lipinski definition) is 1. The number of non-ortho nitro benzene ring substituents is 1. The lowest BCUT2D eigenvalue weighted by Gasteiger charge is -2.12. The first kappa shape index (κ1) is 21.5. The number of carbonyl (C=O) groups excluding carboxylic acids is 2. The van der Waals surface area contributed by atoms with Crippen molar-refractivity contribution in [2.24, 2.45) is 0 Å². The second-order valence-electron chi connectivity index (χ2n) is 6.66. The van der Waals surface area contributed by atoms with E-state index in [1.54, 1.807) is 25.3 Å². The van der Waals surface area contributed by atoms with Gasteiger partial charge in [0.15, 0.2) is 0 Å². The number of carbonyl (C=O) groups is 2. The minimum Gasteiger partial charge on any atom is -0.496 e. The van der Waals surface area contributed by atoms with E-state index in [1.807, 2.05) is 30.3 Å². The number of nitro benzene ring substituents is 1. The molecule has 0 saturated heterocycles. The quantitative estimate of drug-likeness (QED) is 0.348. The maximum atomic E-state index is 12.8. The number of hydrogen-bond acceptors (Lipinski definition) is 6. The zero-order valence-electron chi connectivity index (χ0n) is 17.0. The van der Waals surface area contributed by atoms with E-state index < -0.39 is 16.8 Å². The molecule has 0 unspecified atom stereocenters. The molecular weight excluding hydrogens is 400 g/mol. The Balaban J connectivity index is 1.89. The number of esters is 1. The van der Waals surface area contributed by atoms with Crippen LogP contribution < -0.4 is 10.1 Å². The van der Waals surface area contributed by atoms with E-state index in [0.717, 1.165) is 30.4 Å². The van der Waals surface area contributed by atoms with Gasteiger partial charge in [0.2, 0.25) is 0 Å². The fourth-order valence-corrected chi connectivity index (χ4v) is 3.10. The maximum absolute atomic E-state index is 12.8. The van der Waals surface area contributed by atoms with E-state index in [1.165, 1.54) is 6.07 Å². The highest BCUT2D eigenvalue weighted by Gasteiger charge is 2.19. The van der Waals surface area contributed by atoms with Crippen molar-refractivity contribution in [3.05, 3.63) is 99.1 Å². The first-order chi connectivity index (χ1) is 14.9. The number of anilines is 1. The van der Waals surface area contributed by atoms with Gasteiger partial charge in [-0.25, -0.2) is 4.79 Å². The number of methoxy groups -OCH3 is 2. The molecule has 0 saturated carbocycles. The molecule has 0 fully saturated rings. The summed E-state index contributed by atoms with van der Waals surface area (Å²) in [4.78, 5) is 35.1. The molecule has 3 aromatic rings. The lowest BCUT2D eigenvalue weighted by atomic mass is 10.0. The van der Waals surface area contributed by atoms with Gasteiger partial charge in [0.25, 0.3) is 11.6 Å². The standard InChI is InChI=1S/C23H20N2O6/c1-30-21-9-8-19(12-16(21)10-15-6-4-3-5-7-15)24-22(26)17-11-18(23(27)31-2)14-20(13-17)25(28)29/h3-9,11-14H,10H2,1-2H3,(H,24,26). The van der Waals surface area contributed by atoms with Crippen molar-refractivity contribution in [1.82, 2.24) is 0 Å². The number of ether oxygens (including phenoxy) is 2. The number of nitrogens with zero attached hydrogens (tertiary/aromatic N) is 1. The summed E-state index contributed by atoms with van der Waals surface area (Å²) >= 11 is 0. The molecule has 1 N–H and O–H groups in total. The van der Waals surface area contributed by atoms with Gasteiger partial charge in [-0.15, -0.1) is 0 Å². The summed E-state index contributed by atoms with van der Waals surface area (Å²) in [5.74, 6) is -0.692. The lowest BCUT2D eigenvalue weighted by molar-refractivity contribution is -0.384. The molecule has 0 aliphatic heterocycles. The zero-order chi connectivity index (χ0) is 22.4. The van der Waals surface area contributed by atoms with Crippen molar-refractivity contribution >= 4 is 23.3 Å². The van der Waals surface area contributed by atoms with Crippen molar-refractivity contribution in [3.8, 4) is 5.75 Å². The van der Waals surface area contributed by atoms with Gasteiger partial charge in [0.05, 0.1) is 24.7 Å². The Morgan fingerprint density at radius 2 is 1.68 bits per heavy atom. The van der Waals surface area contributed by atoms with Crippen LogP contribution in [0.2, 0.25) is 0 Å². The highest BCUT2D eigenvalue weighted by atomic mass is 16.6. The minimum atomic E-state index is -0.771. The van der Waals surface area contributed by atoms with Crippen LogP contribution in [0.15, 0.2) is 66.7 Å². The Morgan fingerprint density at radius 3 is 2.32 bits per heavy atom. The van der Waals surface area contributed by atoms with Crippen molar-refractivity contribution in [2.45, 2.75) is 6.42 Å². The van der Waals surface area contributed by atoms with Gasteiger partial charge in [-0.2, -0.15) is 0 Å². The van der Waals surface area contributed by atoms with Crippen molar-refractivity contribution in [1.29, 1.82) is 0 Å². The first-order valence-electron chi connectivity index (χ1n) is 9.31. The molecule has 0 radical (unpaired) electrons. The normalized spacial score (nSPS) is 10.3. The summed E-state index contributed by atoms with van der Waals surface area (Å²) in [6.07, 6.45) is 0.594. The molecule has 0 aliphatic carbocycles. The number of amides is 1. The average molecular weight is 420 g/mol. The van der Waals surface area contributed by atoms with E-state index in [-0.39, 0.29) is 16.8 Å². The largest absolute Gasteiger partial charge is 0.496 e. The minimum absolute atomic E-state index is 0.0324. The average Bonchev–Trinajstić information content (AvgIpc) is 2.79. The van der Waals surface area contributed by atoms with Crippen LogP contribution in [0.5, 0.6) is 5.75 Å². The molecule has 1 amide bonds. The topological polar surface area (TPSA) is 108 Å². The van der Waals surface area contributed by atoms with Gasteiger partial charge in [0.1, 0.15) is 5.75 Å². The van der Waals surface area contributed by atoms with Gasteiger partial charge in [-0.1, -0.05) is 30.3 Å². The molecule has 0 aliphatic rings. The summed E-state index contributed by atoms with van der Waals surface area (Å²) in [5.41, 5.74) is 1.93. The summed E-state index contributed by atoms with van der Waals surface area (Å²) in [7, 11) is 2.73. The third kappa shape index (κ3) is 5.24. The predicted octanol–water partition coefficient (Wildman–Crippen LogP) is 4.23. The van der Waals surface area contributed by atoms with Crippen LogP contribution >= 0.6 is 0 Å². The van der Waals surface area contributed by atoms with Crippen LogP contribution in [0, 0.1) is 10.1 Å². The highest BCUT2D eigenvalue weighted by molar-refractivity contribution is 6.06. The highest BCUT2D eigenvalue weighted by Crippen LogP contribution is 2.26. The van der Waals surface area contributed by atoms with Gasteiger partial charge in [-0.05, 0) is 29.8 Å². The van der Waals surface area contributed by atoms with Crippen LogP contribution in [0.25, 0.3) is 0 Å². The van der Waals surface area contributed by atoms with Gasteiger partial charge >= 0.3 is 5.97 Å². The van der Waals surface area contributed by atoms with Gasteiger partial charge < -0.3 is 14.8 Å². The number of rotatable bonds is 7. The van der Waals surface area contributed by atoms with E-state index >= 15 is 0 Å². The van der Waals surface area contributed by atoms with Crippen LogP contribution in [0.3, 0.4) is 0 Å². The van der Waals surface area contributed by atoms with E-state index in [2.05, 4.69) is 10.1 Å². The molecule has 0 atom stereocenters. The Kier molecular flexibility index (Phi) is 6.61. The molecule has 8 heteroatoms. The van der Waals surface area contributed by atoms with Gasteiger partial charge in [0, 0.05) is 35.4 Å². The molecule has 0 bridgehead atoms. The number of nitrogens with one attached hydrogen (secondary N) is 1. The molecule has 3 aromatic carbocycles. The monoisotopic (exact) mass is 420 g/mol. The van der Waals surface area contributed by atoms with Crippen molar-refractivity contribution in [3.63, 3.8) is 0 Å². The fraction of sp³-hybridized carbons (Fsp3) is 0.130. The number of nitro groups is 1. The third-order valence-electron chi connectivity index (χ3n) is 4.59. The van der Waals surface area contributed by atoms with Crippen LogP contribution in [-0.4, -0.2) is 31.0 Å². The second kappa shape index (κ2) is 9.53. The molecule has 8 nitrogen and oxygen atoms in total. The zero-order valence-corrected chi connectivity index (χ0v) is 17.0. The van der Waals surface area contributed by atoms with Crippen LogP contribution in [0.1, 0.15) is 31.8 Å². The molecule has 0 aromatic heterocycles. The third-order valence-corrected chi connectivity index (χ3v) is 4.59. The van der Waals surface area contributed by atoms with E-state index in [0.29, 0.717) is 17.9 Å². The Hall–Kier alpha value is -4.20. The van der Waals surface area contributed by atoms with E-state index in [4.69, 9.17) is 4.74 Å². The van der Waals surface area contributed by atoms with Crippen LogP contribution in [0.4, 0.5) is 11.4 Å². The summed E-state index contributed by atoms with van der Waals surface area (Å²) in [6.45, 7) is 0. The number of benzene rings is 3. The predicted molar refractivity (Wildman–Crippen MR) is 115 cm³/mol. The maximum Gasteiger partial charge on any atom is 0.338 e. The lowest BCUT2D eigenvalue weighted by Crippen LogP contribution is -2.14.